The van der Waals surface area contributed by atoms with E-state index < -0.39 is 0 Å². The normalized spacial score (nSPS) is 9.80. The molecule has 1 aromatic heterocycles. The van der Waals surface area contributed by atoms with Crippen molar-refractivity contribution in [2.75, 3.05) is 19.0 Å². The number of rotatable bonds is 4. The summed E-state index contributed by atoms with van der Waals surface area (Å²) in [5.74, 6) is 0.168. The Morgan fingerprint density at radius 3 is 2.67 bits per heavy atom. The fourth-order valence-electron chi connectivity index (χ4n) is 0.910. The second kappa shape index (κ2) is 5.23. The van der Waals surface area contributed by atoms with E-state index in [-0.39, 0.29) is 12.4 Å². The highest BCUT2D eigenvalue weighted by molar-refractivity contribution is 5.69. The van der Waals surface area contributed by atoms with E-state index in [1.54, 1.807) is 0 Å². The van der Waals surface area contributed by atoms with Crippen molar-refractivity contribution in [2.45, 2.75) is 20.3 Å². The van der Waals surface area contributed by atoms with Crippen molar-refractivity contribution in [1.82, 2.24) is 15.2 Å². The van der Waals surface area contributed by atoms with E-state index in [2.05, 4.69) is 25.2 Å². The number of hydrogen-bond acceptors (Lipinski definition) is 6. The molecule has 0 unspecified atom stereocenters. The van der Waals surface area contributed by atoms with Crippen molar-refractivity contribution >= 4 is 11.9 Å². The van der Waals surface area contributed by atoms with Gasteiger partial charge in [0.15, 0.2) is 0 Å². The van der Waals surface area contributed by atoms with Gasteiger partial charge < -0.3 is 10.1 Å². The number of aryl methyl sites for hydroxylation is 2. The van der Waals surface area contributed by atoms with Gasteiger partial charge in [0.2, 0.25) is 5.95 Å². The Bertz CT molecular complexity index is 354. The third-order valence-electron chi connectivity index (χ3n) is 1.93. The van der Waals surface area contributed by atoms with Gasteiger partial charge in [0.05, 0.1) is 24.9 Å². The van der Waals surface area contributed by atoms with E-state index in [1.807, 2.05) is 13.8 Å². The average molecular weight is 210 g/mol. The van der Waals surface area contributed by atoms with Crippen LogP contribution in [0, 0.1) is 13.8 Å². The predicted molar refractivity (Wildman–Crippen MR) is 54.4 cm³/mol. The van der Waals surface area contributed by atoms with Crippen molar-refractivity contribution in [2.24, 2.45) is 0 Å². The Hall–Kier alpha value is -1.72. The van der Waals surface area contributed by atoms with Crippen LogP contribution in [0.2, 0.25) is 0 Å². The molecule has 0 saturated carbocycles. The summed E-state index contributed by atoms with van der Waals surface area (Å²) in [4.78, 5) is 15.0. The fraction of sp³-hybridized carbons (Fsp3) is 0.556. The molecule has 0 atom stereocenters. The van der Waals surface area contributed by atoms with Crippen LogP contribution in [0.1, 0.15) is 17.8 Å². The minimum absolute atomic E-state index is 0.265. The van der Waals surface area contributed by atoms with Crippen molar-refractivity contribution < 1.29 is 9.53 Å². The Balaban J connectivity index is 2.44. The monoisotopic (exact) mass is 210 g/mol. The van der Waals surface area contributed by atoms with Gasteiger partial charge in [0.1, 0.15) is 0 Å². The number of methoxy groups -OCH3 is 1. The first-order valence-electron chi connectivity index (χ1n) is 4.62. The summed E-state index contributed by atoms with van der Waals surface area (Å²) in [6.07, 6.45) is 0.285. The largest absolute Gasteiger partial charge is 0.469 e. The maximum Gasteiger partial charge on any atom is 0.307 e. The van der Waals surface area contributed by atoms with E-state index in [0.717, 1.165) is 11.4 Å². The molecule has 82 valence electrons. The van der Waals surface area contributed by atoms with E-state index in [0.29, 0.717) is 12.5 Å². The first-order valence-corrected chi connectivity index (χ1v) is 4.62. The molecule has 1 aromatic rings. The predicted octanol–water partition coefficient (Wildman–Crippen LogP) is 0.463. The highest BCUT2D eigenvalue weighted by Gasteiger charge is 2.02. The number of carbonyl (C=O) groups excluding carboxylic acids is 1. The van der Waals surface area contributed by atoms with Crippen LogP contribution in [-0.2, 0) is 9.53 Å². The molecular formula is C9H14N4O2. The molecule has 1 N–H and O–H groups in total. The van der Waals surface area contributed by atoms with Crippen LogP contribution >= 0.6 is 0 Å². The molecule has 0 aliphatic rings. The lowest BCUT2D eigenvalue weighted by molar-refractivity contribution is -0.140. The summed E-state index contributed by atoms with van der Waals surface area (Å²) >= 11 is 0. The molecule has 0 bridgehead atoms. The van der Waals surface area contributed by atoms with Crippen molar-refractivity contribution in [3.8, 4) is 0 Å². The number of aromatic nitrogens is 3. The van der Waals surface area contributed by atoms with E-state index >= 15 is 0 Å². The van der Waals surface area contributed by atoms with Crippen LogP contribution in [0.25, 0.3) is 0 Å². The van der Waals surface area contributed by atoms with Gasteiger partial charge in [-0.2, -0.15) is 5.10 Å². The Morgan fingerprint density at radius 2 is 2.07 bits per heavy atom. The lowest BCUT2D eigenvalue weighted by atomic mass is 10.4. The molecule has 15 heavy (non-hydrogen) atoms. The van der Waals surface area contributed by atoms with Crippen LogP contribution in [0.3, 0.4) is 0 Å². The lowest BCUT2D eigenvalue weighted by Gasteiger charge is -2.04. The summed E-state index contributed by atoms with van der Waals surface area (Å²) in [5.41, 5.74) is 1.62. The zero-order chi connectivity index (χ0) is 11.3. The molecule has 1 rings (SSSR count). The standard InChI is InChI=1S/C9H14N4O2/c1-6-7(2)12-13-9(11-6)10-5-4-8(14)15-3/h4-5H2,1-3H3,(H,10,11,13). The maximum absolute atomic E-state index is 10.8. The van der Waals surface area contributed by atoms with Gasteiger partial charge in [-0.25, -0.2) is 4.98 Å². The Labute approximate surface area is 88.1 Å². The Kier molecular flexibility index (Phi) is 3.96. The van der Waals surface area contributed by atoms with Crippen LogP contribution in [0.4, 0.5) is 5.95 Å². The third kappa shape index (κ3) is 3.49. The van der Waals surface area contributed by atoms with Gasteiger partial charge >= 0.3 is 5.97 Å². The number of carbonyl (C=O) groups is 1. The summed E-state index contributed by atoms with van der Waals surface area (Å²) < 4.78 is 4.50. The number of nitrogens with one attached hydrogen (secondary N) is 1. The third-order valence-corrected chi connectivity index (χ3v) is 1.93. The molecule has 0 fully saturated rings. The molecule has 6 heteroatoms. The van der Waals surface area contributed by atoms with Crippen molar-refractivity contribution in [1.29, 1.82) is 0 Å². The highest BCUT2D eigenvalue weighted by atomic mass is 16.5. The number of hydrogen-bond donors (Lipinski definition) is 1. The van der Waals surface area contributed by atoms with Crippen LogP contribution in [0.15, 0.2) is 0 Å². The number of esters is 1. The van der Waals surface area contributed by atoms with E-state index in [4.69, 9.17) is 0 Å². The highest BCUT2D eigenvalue weighted by Crippen LogP contribution is 2.01. The average Bonchev–Trinajstić information content (AvgIpc) is 2.23. The van der Waals surface area contributed by atoms with E-state index in [1.165, 1.54) is 7.11 Å². The van der Waals surface area contributed by atoms with Crippen LogP contribution < -0.4 is 5.32 Å². The lowest BCUT2D eigenvalue weighted by Crippen LogP contribution is -2.12. The molecule has 1 heterocycles. The summed E-state index contributed by atoms with van der Waals surface area (Å²) in [6, 6.07) is 0. The van der Waals surface area contributed by atoms with Crippen LogP contribution in [0.5, 0.6) is 0 Å². The molecule has 0 aromatic carbocycles. The van der Waals surface area contributed by atoms with Gasteiger partial charge in [0, 0.05) is 6.54 Å². The second-order valence-corrected chi connectivity index (χ2v) is 3.06. The van der Waals surface area contributed by atoms with Gasteiger partial charge in [-0.3, -0.25) is 4.79 Å². The number of ether oxygens (including phenoxy) is 1. The topological polar surface area (TPSA) is 77.0 Å². The van der Waals surface area contributed by atoms with Gasteiger partial charge in [-0.05, 0) is 13.8 Å². The number of nitrogens with zero attached hydrogens (tertiary/aromatic N) is 3. The minimum atomic E-state index is -0.265. The molecule has 6 nitrogen and oxygen atoms in total. The summed E-state index contributed by atoms with van der Waals surface area (Å²) in [7, 11) is 1.36. The zero-order valence-corrected chi connectivity index (χ0v) is 9.07. The van der Waals surface area contributed by atoms with Crippen molar-refractivity contribution in [3.05, 3.63) is 11.4 Å². The summed E-state index contributed by atoms with van der Waals surface area (Å²) in [5, 5.41) is 10.6. The molecule has 0 aliphatic carbocycles. The van der Waals surface area contributed by atoms with Gasteiger partial charge in [-0.1, -0.05) is 0 Å². The van der Waals surface area contributed by atoms with Crippen molar-refractivity contribution in [3.63, 3.8) is 0 Å². The smallest absolute Gasteiger partial charge is 0.307 e. The molecule has 0 aliphatic heterocycles. The van der Waals surface area contributed by atoms with E-state index in [9.17, 15) is 4.79 Å². The fourth-order valence-corrected chi connectivity index (χ4v) is 0.910. The summed E-state index contributed by atoms with van der Waals surface area (Å²) in [6.45, 7) is 4.14. The van der Waals surface area contributed by atoms with Crippen LogP contribution in [-0.4, -0.2) is 34.8 Å². The molecule has 0 spiro atoms. The first kappa shape index (κ1) is 11.4. The molecule has 0 radical (unpaired) electrons. The SMILES string of the molecule is COC(=O)CCNc1nnc(C)c(C)n1. The molecule has 0 saturated heterocycles. The van der Waals surface area contributed by atoms with Gasteiger partial charge in [0.25, 0.3) is 0 Å². The zero-order valence-electron chi connectivity index (χ0n) is 9.07. The molecule has 0 amide bonds. The maximum atomic E-state index is 10.8. The Morgan fingerprint density at radius 1 is 1.33 bits per heavy atom. The van der Waals surface area contributed by atoms with Gasteiger partial charge in [-0.15, -0.1) is 5.10 Å². The molecular weight excluding hydrogens is 196 g/mol. The number of anilines is 1. The quantitative estimate of drug-likeness (QED) is 0.728. The first-order chi connectivity index (χ1) is 7.13. The minimum Gasteiger partial charge on any atom is -0.469 e. The second-order valence-electron chi connectivity index (χ2n) is 3.06.